The summed E-state index contributed by atoms with van der Waals surface area (Å²) in [5.41, 5.74) is 2.07. The van der Waals surface area contributed by atoms with E-state index in [1.54, 1.807) is 21.0 Å². The van der Waals surface area contributed by atoms with Gasteiger partial charge >= 0.3 is 5.97 Å². The van der Waals surface area contributed by atoms with Gasteiger partial charge in [0.15, 0.2) is 0 Å². The van der Waals surface area contributed by atoms with Gasteiger partial charge in [0.05, 0.1) is 12.5 Å². The fourth-order valence-corrected chi connectivity index (χ4v) is 2.88. The van der Waals surface area contributed by atoms with Gasteiger partial charge in [-0.3, -0.25) is 4.79 Å². The molecule has 22 heavy (non-hydrogen) atoms. The Morgan fingerprint density at radius 3 is 2.23 bits per heavy atom. The van der Waals surface area contributed by atoms with Gasteiger partial charge in [-0.1, -0.05) is 42.5 Å². The van der Waals surface area contributed by atoms with Crippen molar-refractivity contribution in [3.05, 3.63) is 65.2 Å². The monoisotopic (exact) mass is 298 g/mol. The van der Waals surface area contributed by atoms with Crippen LogP contribution in [-0.2, 0) is 4.79 Å². The van der Waals surface area contributed by atoms with E-state index < -0.39 is 11.4 Å². The number of ether oxygens (including phenoxy) is 1. The highest BCUT2D eigenvalue weighted by Gasteiger charge is 2.39. The van der Waals surface area contributed by atoms with Crippen LogP contribution in [0.3, 0.4) is 0 Å². The van der Waals surface area contributed by atoms with Crippen molar-refractivity contribution >= 4 is 5.97 Å². The van der Waals surface area contributed by atoms with Crippen LogP contribution >= 0.6 is 0 Å². The van der Waals surface area contributed by atoms with Crippen molar-refractivity contribution in [3.8, 4) is 5.75 Å². The number of rotatable bonds is 5. The van der Waals surface area contributed by atoms with Crippen molar-refractivity contribution in [2.24, 2.45) is 5.41 Å². The van der Waals surface area contributed by atoms with Gasteiger partial charge in [0.25, 0.3) is 0 Å². The summed E-state index contributed by atoms with van der Waals surface area (Å²) in [5, 5.41) is 9.68. The highest BCUT2D eigenvalue weighted by Crippen LogP contribution is 2.42. The van der Waals surface area contributed by atoms with Crippen LogP contribution in [0.25, 0.3) is 0 Å². The molecule has 0 heterocycles. The Labute approximate surface area is 131 Å². The lowest BCUT2D eigenvalue weighted by atomic mass is 9.71. The molecule has 0 saturated heterocycles. The first-order valence-electron chi connectivity index (χ1n) is 7.30. The molecule has 1 unspecified atom stereocenters. The predicted octanol–water partition coefficient (Wildman–Crippen LogP) is 4.25. The van der Waals surface area contributed by atoms with Crippen LogP contribution in [0.4, 0.5) is 0 Å². The summed E-state index contributed by atoms with van der Waals surface area (Å²) in [6, 6.07) is 15.7. The molecule has 0 aliphatic heterocycles. The maximum absolute atomic E-state index is 11.8. The molecule has 0 aromatic heterocycles. The Hall–Kier alpha value is -2.29. The number of benzene rings is 2. The van der Waals surface area contributed by atoms with Crippen molar-refractivity contribution < 1.29 is 14.6 Å². The summed E-state index contributed by atoms with van der Waals surface area (Å²) in [6.45, 7) is 5.51. The van der Waals surface area contributed by atoms with Gasteiger partial charge in [-0.05, 0) is 43.5 Å². The smallest absolute Gasteiger partial charge is 0.310 e. The first kappa shape index (κ1) is 16.1. The van der Waals surface area contributed by atoms with E-state index in [9.17, 15) is 9.90 Å². The maximum atomic E-state index is 11.8. The van der Waals surface area contributed by atoms with Crippen molar-refractivity contribution in [1.82, 2.24) is 0 Å². The largest absolute Gasteiger partial charge is 0.496 e. The summed E-state index contributed by atoms with van der Waals surface area (Å²) >= 11 is 0. The number of aryl methyl sites for hydroxylation is 1. The standard InChI is InChI=1S/C19H22O3/c1-13-12-15(10-11-16(13)22-4)17(19(2,3)18(20)21)14-8-6-5-7-9-14/h5-12,17H,1-4H3,(H,20,21). The normalized spacial score (nSPS) is 12.7. The fraction of sp³-hybridized carbons (Fsp3) is 0.316. The molecule has 0 amide bonds. The van der Waals surface area contributed by atoms with Crippen LogP contribution in [0.1, 0.15) is 36.5 Å². The van der Waals surface area contributed by atoms with Crippen LogP contribution in [0.15, 0.2) is 48.5 Å². The third-order valence-electron chi connectivity index (χ3n) is 4.16. The Kier molecular flexibility index (Phi) is 4.55. The molecule has 0 spiro atoms. The summed E-state index contributed by atoms with van der Waals surface area (Å²) in [5.74, 6) is -0.227. The van der Waals surface area contributed by atoms with E-state index in [0.717, 1.165) is 22.4 Å². The quantitative estimate of drug-likeness (QED) is 0.897. The average molecular weight is 298 g/mol. The summed E-state index contributed by atoms with van der Waals surface area (Å²) in [6.07, 6.45) is 0. The van der Waals surface area contributed by atoms with Gasteiger partial charge in [-0.2, -0.15) is 0 Å². The molecule has 2 aromatic rings. The zero-order valence-corrected chi connectivity index (χ0v) is 13.5. The van der Waals surface area contributed by atoms with Crippen molar-refractivity contribution in [1.29, 1.82) is 0 Å². The number of hydrogen-bond acceptors (Lipinski definition) is 2. The third kappa shape index (κ3) is 2.98. The predicted molar refractivity (Wildman–Crippen MR) is 87.4 cm³/mol. The lowest BCUT2D eigenvalue weighted by Gasteiger charge is -2.31. The Morgan fingerprint density at radius 1 is 1.09 bits per heavy atom. The second-order valence-electron chi connectivity index (χ2n) is 6.10. The zero-order valence-electron chi connectivity index (χ0n) is 13.5. The molecule has 116 valence electrons. The highest BCUT2D eigenvalue weighted by atomic mass is 16.5. The molecule has 0 fully saturated rings. The minimum atomic E-state index is -0.914. The van der Waals surface area contributed by atoms with Crippen molar-refractivity contribution in [2.45, 2.75) is 26.7 Å². The summed E-state index contributed by atoms with van der Waals surface area (Å²) in [4.78, 5) is 11.8. The summed E-state index contributed by atoms with van der Waals surface area (Å²) in [7, 11) is 1.64. The van der Waals surface area contributed by atoms with Gasteiger partial charge in [0, 0.05) is 5.92 Å². The van der Waals surface area contributed by atoms with Gasteiger partial charge in [0.1, 0.15) is 5.75 Å². The number of carboxylic acids is 1. The van der Waals surface area contributed by atoms with Crippen LogP contribution < -0.4 is 4.74 Å². The van der Waals surface area contributed by atoms with Crippen LogP contribution in [0.2, 0.25) is 0 Å². The Balaban J connectivity index is 2.59. The minimum Gasteiger partial charge on any atom is -0.496 e. The molecule has 1 atom stereocenters. The SMILES string of the molecule is COc1ccc(C(c2ccccc2)C(C)(C)C(=O)O)cc1C. The van der Waals surface area contributed by atoms with Crippen LogP contribution in [-0.4, -0.2) is 18.2 Å². The van der Waals surface area contributed by atoms with Gasteiger partial charge < -0.3 is 9.84 Å². The molecule has 1 N–H and O–H groups in total. The first-order valence-corrected chi connectivity index (χ1v) is 7.30. The summed E-state index contributed by atoms with van der Waals surface area (Å²) < 4.78 is 5.30. The molecule has 2 aromatic carbocycles. The second-order valence-corrected chi connectivity index (χ2v) is 6.10. The molecule has 0 radical (unpaired) electrons. The second kappa shape index (κ2) is 6.22. The Bertz CT molecular complexity index is 660. The van der Waals surface area contributed by atoms with E-state index in [2.05, 4.69) is 0 Å². The number of carboxylic acid groups (broad SMARTS) is 1. The molecule has 0 aliphatic carbocycles. The molecule has 0 bridgehead atoms. The van der Waals surface area contributed by atoms with Crippen LogP contribution in [0.5, 0.6) is 5.75 Å². The number of methoxy groups -OCH3 is 1. The lowest BCUT2D eigenvalue weighted by molar-refractivity contribution is -0.147. The fourth-order valence-electron chi connectivity index (χ4n) is 2.88. The first-order chi connectivity index (χ1) is 10.4. The van der Waals surface area contributed by atoms with Gasteiger partial charge in [0.2, 0.25) is 0 Å². The molecule has 0 saturated carbocycles. The van der Waals surface area contributed by atoms with Gasteiger partial charge in [-0.15, -0.1) is 0 Å². The number of hydrogen-bond donors (Lipinski definition) is 1. The topological polar surface area (TPSA) is 46.5 Å². The van der Waals surface area contributed by atoms with E-state index in [0.29, 0.717) is 0 Å². The molecule has 3 heteroatoms. The average Bonchev–Trinajstić information content (AvgIpc) is 2.48. The third-order valence-corrected chi connectivity index (χ3v) is 4.16. The lowest BCUT2D eigenvalue weighted by Crippen LogP contribution is -2.32. The molecular formula is C19H22O3. The van der Waals surface area contributed by atoms with E-state index >= 15 is 0 Å². The van der Waals surface area contributed by atoms with E-state index in [1.807, 2.05) is 55.5 Å². The van der Waals surface area contributed by atoms with Crippen molar-refractivity contribution in [2.75, 3.05) is 7.11 Å². The molecular weight excluding hydrogens is 276 g/mol. The highest BCUT2D eigenvalue weighted by molar-refractivity contribution is 5.76. The minimum absolute atomic E-state index is 0.226. The maximum Gasteiger partial charge on any atom is 0.310 e. The number of carbonyl (C=O) groups is 1. The van der Waals surface area contributed by atoms with Crippen molar-refractivity contribution in [3.63, 3.8) is 0 Å². The molecule has 2 rings (SSSR count). The molecule has 3 nitrogen and oxygen atoms in total. The number of aliphatic carboxylic acids is 1. The Morgan fingerprint density at radius 2 is 1.73 bits per heavy atom. The van der Waals surface area contributed by atoms with E-state index in [1.165, 1.54) is 0 Å². The van der Waals surface area contributed by atoms with Crippen LogP contribution in [0, 0.1) is 12.3 Å². The van der Waals surface area contributed by atoms with E-state index in [4.69, 9.17) is 4.74 Å². The van der Waals surface area contributed by atoms with Gasteiger partial charge in [-0.25, -0.2) is 0 Å². The van der Waals surface area contributed by atoms with E-state index in [-0.39, 0.29) is 5.92 Å². The molecule has 0 aliphatic rings. The zero-order chi connectivity index (χ0) is 16.3.